The largest absolute Gasteiger partial charge is 0.459 e. The fraction of sp³-hybridized carbons (Fsp3) is 0.391. The fourth-order valence-corrected chi connectivity index (χ4v) is 5.73. The molecule has 4 rings (SSSR count). The number of halogens is 1. The summed E-state index contributed by atoms with van der Waals surface area (Å²) in [5, 5.41) is 12.4. The van der Waals surface area contributed by atoms with Gasteiger partial charge in [0.25, 0.3) is 0 Å². The van der Waals surface area contributed by atoms with E-state index < -0.39 is 0 Å². The van der Waals surface area contributed by atoms with E-state index in [0.717, 1.165) is 41.7 Å². The van der Waals surface area contributed by atoms with E-state index in [1.165, 1.54) is 35.2 Å². The number of rotatable bonds is 7. The normalized spacial score (nSPS) is 13.1. The van der Waals surface area contributed by atoms with Crippen molar-refractivity contribution in [3.63, 3.8) is 0 Å². The zero-order chi connectivity index (χ0) is 23.5. The van der Waals surface area contributed by atoms with Gasteiger partial charge in [0.15, 0.2) is 11.0 Å². The van der Waals surface area contributed by atoms with Crippen LogP contribution in [0.4, 0.5) is 9.39 Å². The Balaban J connectivity index is 1.46. The van der Waals surface area contributed by atoms with E-state index in [1.807, 2.05) is 13.8 Å². The van der Waals surface area contributed by atoms with Crippen LogP contribution in [-0.2, 0) is 29.4 Å². The van der Waals surface area contributed by atoms with Gasteiger partial charge in [-0.1, -0.05) is 11.8 Å². The second kappa shape index (κ2) is 10.0. The van der Waals surface area contributed by atoms with Crippen LogP contribution >= 0.6 is 23.1 Å². The Hall–Kier alpha value is -2.72. The molecule has 2 aromatic heterocycles. The number of nitrogens with zero attached hydrogens (tertiary/aromatic N) is 3. The number of ether oxygens (including phenoxy) is 1. The molecule has 10 heteroatoms. The molecule has 0 bridgehead atoms. The van der Waals surface area contributed by atoms with E-state index in [2.05, 4.69) is 15.5 Å². The van der Waals surface area contributed by atoms with Gasteiger partial charge in [-0.25, -0.2) is 9.18 Å². The number of aryl methyl sites for hydroxylation is 1. The minimum atomic E-state index is -0.385. The Bertz CT molecular complexity index is 1170. The molecular formula is C23H25FN4O3S2. The van der Waals surface area contributed by atoms with Gasteiger partial charge in [-0.05, 0) is 69.4 Å². The highest BCUT2D eigenvalue weighted by Gasteiger charge is 2.28. The number of carbonyl (C=O) groups excluding carboxylic acids is 2. The van der Waals surface area contributed by atoms with Crippen LogP contribution in [0, 0.1) is 5.82 Å². The lowest BCUT2D eigenvalue weighted by Gasteiger charge is -2.14. The van der Waals surface area contributed by atoms with E-state index in [9.17, 15) is 14.0 Å². The number of hydrogen-bond donors (Lipinski definition) is 1. The molecule has 1 aliphatic rings. The van der Waals surface area contributed by atoms with E-state index in [4.69, 9.17) is 4.74 Å². The Kier molecular flexibility index (Phi) is 7.14. The third-order valence-corrected chi connectivity index (χ3v) is 7.47. The number of anilines is 1. The number of hydrogen-bond acceptors (Lipinski definition) is 7. The molecule has 0 aliphatic heterocycles. The number of aromatic nitrogens is 3. The Morgan fingerprint density at radius 1 is 1.21 bits per heavy atom. The van der Waals surface area contributed by atoms with Gasteiger partial charge in [0.1, 0.15) is 10.8 Å². The standard InChI is InChI=1S/C23H25FN4O3S2/c1-13(2)31-22(30)19-16-6-4-5-7-17(16)33-21(19)25-18(29)12-32-23-27-26-20(28(23)3)14-8-10-15(24)11-9-14/h8-11,13H,4-7,12H2,1-3H3,(H,25,29). The summed E-state index contributed by atoms with van der Waals surface area (Å²) in [5.74, 6) is -0.244. The Labute approximate surface area is 199 Å². The van der Waals surface area contributed by atoms with Crippen LogP contribution in [0.15, 0.2) is 29.4 Å². The van der Waals surface area contributed by atoms with Crippen molar-refractivity contribution in [2.75, 3.05) is 11.1 Å². The van der Waals surface area contributed by atoms with Gasteiger partial charge < -0.3 is 14.6 Å². The van der Waals surface area contributed by atoms with Crippen molar-refractivity contribution in [3.05, 3.63) is 46.1 Å². The van der Waals surface area contributed by atoms with Gasteiger partial charge in [0, 0.05) is 17.5 Å². The monoisotopic (exact) mass is 488 g/mol. The molecule has 0 unspecified atom stereocenters. The summed E-state index contributed by atoms with van der Waals surface area (Å²) in [6, 6.07) is 6.01. The maximum absolute atomic E-state index is 13.2. The quantitative estimate of drug-likeness (QED) is 0.378. The molecule has 7 nitrogen and oxygen atoms in total. The maximum Gasteiger partial charge on any atom is 0.341 e. The van der Waals surface area contributed by atoms with Crippen molar-refractivity contribution in [2.45, 2.75) is 50.8 Å². The van der Waals surface area contributed by atoms with Crippen LogP contribution in [-0.4, -0.2) is 38.5 Å². The van der Waals surface area contributed by atoms with Crippen LogP contribution in [0.1, 0.15) is 47.5 Å². The first-order valence-electron chi connectivity index (χ1n) is 10.8. The summed E-state index contributed by atoms with van der Waals surface area (Å²) >= 11 is 2.71. The Morgan fingerprint density at radius 2 is 1.94 bits per heavy atom. The molecule has 3 aromatic rings. The van der Waals surface area contributed by atoms with Crippen molar-refractivity contribution in [1.82, 2.24) is 14.8 Å². The lowest BCUT2D eigenvalue weighted by molar-refractivity contribution is -0.113. The maximum atomic E-state index is 13.2. The summed E-state index contributed by atoms with van der Waals surface area (Å²) in [7, 11) is 1.80. The van der Waals surface area contributed by atoms with Crippen LogP contribution in [0.2, 0.25) is 0 Å². The molecule has 1 amide bonds. The smallest absolute Gasteiger partial charge is 0.341 e. The number of fused-ring (bicyclic) bond motifs is 1. The van der Waals surface area contributed by atoms with Gasteiger partial charge in [0.2, 0.25) is 5.91 Å². The highest BCUT2D eigenvalue weighted by atomic mass is 32.2. The molecule has 33 heavy (non-hydrogen) atoms. The average molecular weight is 489 g/mol. The minimum Gasteiger partial charge on any atom is -0.459 e. The van der Waals surface area contributed by atoms with Crippen LogP contribution in [0.25, 0.3) is 11.4 Å². The molecule has 0 radical (unpaired) electrons. The summed E-state index contributed by atoms with van der Waals surface area (Å²) in [4.78, 5) is 26.7. The number of carbonyl (C=O) groups is 2. The fourth-order valence-electron chi connectivity index (χ4n) is 3.73. The number of thiophene rings is 1. The van der Waals surface area contributed by atoms with Gasteiger partial charge in [0.05, 0.1) is 17.4 Å². The molecular weight excluding hydrogens is 463 g/mol. The number of esters is 1. The molecule has 1 aromatic carbocycles. The molecule has 1 N–H and O–H groups in total. The number of benzene rings is 1. The highest BCUT2D eigenvalue weighted by Crippen LogP contribution is 2.39. The van der Waals surface area contributed by atoms with E-state index in [1.54, 1.807) is 23.7 Å². The molecule has 174 valence electrons. The number of thioether (sulfide) groups is 1. The van der Waals surface area contributed by atoms with Crippen molar-refractivity contribution in [2.24, 2.45) is 7.05 Å². The van der Waals surface area contributed by atoms with Gasteiger partial charge in [-0.2, -0.15) is 0 Å². The third-order valence-electron chi connectivity index (χ3n) is 5.24. The van der Waals surface area contributed by atoms with E-state index >= 15 is 0 Å². The SMILES string of the molecule is CC(C)OC(=O)c1c(NC(=O)CSc2nnc(-c3ccc(F)cc3)n2C)sc2c1CCCC2. The summed E-state index contributed by atoms with van der Waals surface area (Å²) in [6.07, 6.45) is 3.61. The van der Waals surface area contributed by atoms with Crippen molar-refractivity contribution in [3.8, 4) is 11.4 Å². The lowest BCUT2D eigenvalue weighted by atomic mass is 9.95. The van der Waals surface area contributed by atoms with Crippen molar-refractivity contribution >= 4 is 40.0 Å². The Morgan fingerprint density at radius 3 is 2.67 bits per heavy atom. The number of nitrogens with one attached hydrogen (secondary N) is 1. The van der Waals surface area contributed by atoms with Gasteiger partial charge >= 0.3 is 5.97 Å². The predicted octanol–water partition coefficient (Wildman–Crippen LogP) is 4.86. The van der Waals surface area contributed by atoms with Gasteiger partial charge in [-0.15, -0.1) is 21.5 Å². The topological polar surface area (TPSA) is 86.1 Å². The molecule has 0 fully saturated rings. The molecule has 0 saturated carbocycles. The molecule has 1 aliphatic carbocycles. The molecule has 0 saturated heterocycles. The molecule has 2 heterocycles. The van der Waals surface area contributed by atoms with Crippen molar-refractivity contribution in [1.29, 1.82) is 0 Å². The molecule has 0 atom stereocenters. The summed E-state index contributed by atoms with van der Waals surface area (Å²) < 4.78 is 20.4. The lowest BCUT2D eigenvalue weighted by Crippen LogP contribution is -2.19. The summed E-state index contributed by atoms with van der Waals surface area (Å²) in [5.41, 5.74) is 2.25. The average Bonchev–Trinajstić information content (AvgIpc) is 3.32. The molecule has 0 spiro atoms. The first kappa shape index (κ1) is 23.4. The van der Waals surface area contributed by atoms with Crippen LogP contribution in [0.3, 0.4) is 0 Å². The second-order valence-corrected chi connectivity index (χ2v) is 10.1. The van der Waals surface area contributed by atoms with E-state index in [-0.39, 0.29) is 29.6 Å². The van der Waals surface area contributed by atoms with Crippen molar-refractivity contribution < 1.29 is 18.7 Å². The predicted molar refractivity (Wildman–Crippen MR) is 127 cm³/mol. The van der Waals surface area contributed by atoms with E-state index in [0.29, 0.717) is 21.5 Å². The zero-order valence-corrected chi connectivity index (χ0v) is 20.3. The first-order valence-corrected chi connectivity index (χ1v) is 12.6. The van der Waals surface area contributed by atoms with Gasteiger partial charge in [-0.3, -0.25) is 4.79 Å². The van der Waals surface area contributed by atoms with Crippen LogP contribution in [0.5, 0.6) is 0 Å². The number of amides is 1. The first-order chi connectivity index (χ1) is 15.8. The highest BCUT2D eigenvalue weighted by molar-refractivity contribution is 7.99. The third kappa shape index (κ3) is 5.27. The van der Waals surface area contributed by atoms with Crippen LogP contribution < -0.4 is 5.32 Å². The minimum absolute atomic E-state index is 0.108. The second-order valence-electron chi connectivity index (χ2n) is 8.08. The zero-order valence-electron chi connectivity index (χ0n) is 18.7. The summed E-state index contributed by atoms with van der Waals surface area (Å²) in [6.45, 7) is 3.62.